The second kappa shape index (κ2) is 7.68. The minimum absolute atomic E-state index is 0.0982. The lowest BCUT2D eigenvalue weighted by molar-refractivity contribution is -0.145. The first-order chi connectivity index (χ1) is 9.04. The summed E-state index contributed by atoms with van der Waals surface area (Å²) in [7, 11) is 0. The molecule has 1 unspecified atom stereocenters. The Bertz CT molecular complexity index is 413. The third kappa shape index (κ3) is 5.21. The Morgan fingerprint density at radius 2 is 2.05 bits per heavy atom. The smallest absolute Gasteiger partial charge is 0.387 e. The molecular formula is C13H17F2NO3. The minimum atomic E-state index is -2.87. The lowest BCUT2D eigenvalue weighted by Crippen LogP contribution is -2.35. The minimum Gasteiger partial charge on any atom is -0.465 e. The quantitative estimate of drug-likeness (QED) is 0.775. The number of benzene rings is 1. The van der Waals surface area contributed by atoms with Crippen molar-refractivity contribution in [3.8, 4) is 5.75 Å². The van der Waals surface area contributed by atoms with Crippen LogP contribution in [0.5, 0.6) is 5.75 Å². The van der Waals surface area contributed by atoms with Crippen LogP contribution in [-0.4, -0.2) is 25.2 Å². The molecule has 0 amide bonds. The molecule has 0 radical (unpaired) electrons. The summed E-state index contributed by atoms with van der Waals surface area (Å²) in [6.07, 6.45) is 0. The van der Waals surface area contributed by atoms with Gasteiger partial charge in [-0.1, -0.05) is 18.2 Å². The fraction of sp³-hybridized carbons (Fsp3) is 0.462. The van der Waals surface area contributed by atoms with Gasteiger partial charge in [0.25, 0.3) is 0 Å². The molecule has 6 heteroatoms. The van der Waals surface area contributed by atoms with Gasteiger partial charge in [-0.15, -0.1) is 0 Å². The Hall–Kier alpha value is -1.69. The van der Waals surface area contributed by atoms with E-state index in [1.807, 2.05) is 0 Å². The fourth-order valence-corrected chi connectivity index (χ4v) is 1.47. The maximum absolute atomic E-state index is 12.2. The highest BCUT2D eigenvalue weighted by Gasteiger charge is 2.14. The average molecular weight is 273 g/mol. The summed E-state index contributed by atoms with van der Waals surface area (Å²) in [5.74, 6) is -0.282. The molecule has 0 heterocycles. The largest absolute Gasteiger partial charge is 0.465 e. The number of esters is 1. The van der Waals surface area contributed by atoms with E-state index in [9.17, 15) is 13.6 Å². The van der Waals surface area contributed by atoms with Crippen LogP contribution < -0.4 is 10.1 Å². The summed E-state index contributed by atoms with van der Waals surface area (Å²) >= 11 is 0. The van der Waals surface area contributed by atoms with Gasteiger partial charge in [-0.3, -0.25) is 4.79 Å². The number of carbonyl (C=O) groups is 1. The van der Waals surface area contributed by atoms with Crippen LogP contribution in [0.4, 0.5) is 8.78 Å². The van der Waals surface area contributed by atoms with E-state index in [1.54, 1.807) is 32.0 Å². The highest BCUT2D eigenvalue weighted by molar-refractivity contribution is 5.75. The van der Waals surface area contributed by atoms with E-state index in [2.05, 4.69) is 10.1 Å². The second-order valence-electron chi connectivity index (χ2n) is 3.84. The molecule has 0 saturated heterocycles. The second-order valence-corrected chi connectivity index (χ2v) is 3.84. The SMILES string of the molecule is CCOC(=O)C(C)NCc1ccccc1OC(F)F. The lowest BCUT2D eigenvalue weighted by Gasteiger charge is -2.14. The maximum atomic E-state index is 12.2. The van der Waals surface area contributed by atoms with Crippen LogP contribution in [0.15, 0.2) is 24.3 Å². The molecule has 0 aliphatic carbocycles. The summed E-state index contributed by atoms with van der Waals surface area (Å²) in [6.45, 7) is 1.03. The van der Waals surface area contributed by atoms with Crippen molar-refractivity contribution in [2.45, 2.75) is 33.0 Å². The molecule has 0 spiro atoms. The number of para-hydroxylation sites is 1. The summed E-state index contributed by atoms with van der Waals surface area (Å²) in [5, 5.41) is 2.90. The van der Waals surface area contributed by atoms with Gasteiger partial charge in [-0.05, 0) is 19.9 Å². The van der Waals surface area contributed by atoms with Crippen LogP contribution in [0, 0.1) is 0 Å². The number of rotatable bonds is 7. The van der Waals surface area contributed by atoms with Crippen LogP contribution in [-0.2, 0) is 16.1 Å². The highest BCUT2D eigenvalue weighted by Crippen LogP contribution is 2.20. The van der Waals surface area contributed by atoms with Crippen molar-refractivity contribution in [1.82, 2.24) is 5.32 Å². The molecule has 0 bridgehead atoms. The lowest BCUT2D eigenvalue weighted by atomic mass is 10.2. The zero-order valence-electron chi connectivity index (χ0n) is 10.9. The summed E-state index contributed by atoms with van der Waals surface area (Å²) in [6, 6.07) is 5.92. The number of halogens is 2. The van der Waals surface area contributed by atoms with Crippen LogP contribution in [0.3, 0.4) is 0 Å². The van der Waals surface area contributed by atoms with E-state index >= 15 is 0 Å². The van der Waals surface area contributed by atoms with Gasteiger partial charge in [0.05, 0.1) is 6.61 Å². The average Bonchev–Trinajstić information content (AvgIpc) is 2.37. The van der Waals surface area contributed by atoms with E-state index in [0.29, 0.717) is 12.2 Å². The van der Waals surface area contributed by atoms with Gasteiger partial charge in [-0.2, -0.15) is 8.78 Å². The van der Waals surface area contributed by atoms with Gasteiger partial charge in [-0.25, -0.2) is 0 Å². The molecule has 0 aromatic heterocycles. The first kappa shape index (κ1) is 15.4. The van der Waals surface area contributed by atoms with Crippen LogP contribution in [0.1, 0.15) is 19.4 Å². The van der Waals surface area contributed by atoms with Crippen LogP contribution >= 0.6 is 0 Å². The standard InChI is InChI=1S/C13H17F2NO3/c1-3-18-12(17)9(2)16-8-10-6-4-5-7-11(10)19-13(14)15/h4-7,9,13,16H,3,8H2,1-2H3. The molecule has 1 aromatic rings. The van der Waals surface area contributed by atoms with Crippen molar-refractivity contribution in [2.24, 2.45) is 0 Å². The van der Waals surface area contributed by atoms with Gasteiger partial charge in [0.2, 0.25) is 0 Å². The normalized spacial score (nSPS) is 12.3. The number of ether oxygens (including phenoxy) is 2. The fourth-order valence-electron chi connectivity index (χ4n) is 1.47. The zero-order valence-corrected chi connectivity index (χ0v) is 10.9. The molecule has 106 valence electrons. The van der Waals surface area contributed by atoms with Crippen molar-refractivity contribution in [1.29, 1.82) is 0 Å². The molecule has 19 heavy (non-hydrogen) atoms. The molecule has 0 aliphatic rings. The predicted octanol–water partition coefficient (Wildman–Crippen LogP) is 2.33. The Kier molecular flexibility index (Phi) is 6.21. The number of alkyl halides is 2. The Labute approximate surface area is 110 Å². The molecule has 0 fully saturated rings. The molecule has 4 nitrogen and oxygen atoms in total. The molecule has 1 aromatic carbocycles. The maximum Gasteiger partial charge on any atom is 0.387 e. The van der Waals surface area contributed by atoms with Gasteiger partial charge >= 0.3 is 12.6 Å². The number of hydrogen-bond donors (Lipinski definition) is 1. The zero-order chi connectivity index (χ0) is 14.3. The van der Waals surface area contributed by atoms with Gasteiger partial charge in [0, 0.05) is 12.1 Å². The molecular weight excluding hydrogens is 256 g/mol. The third-order valence-electron chi connectivity index (χ3n) is 2.43. The Balaban J connectivity index is 2.59. The number of carbonyl (C=O) groups excluding carboxylic acids is 1. The molecule has 1 rings (SSSR count). The Morgan fingerprint density at radius 1 is 1.37 bits per heavy atom. The van der Waals surface area contributed by atoms with Crippen LogP contribution in [0.2, 0.25) is 0 Å². The molecule has 0 aliphatic heterocycles. The Morgan fingerprint density at radius 3 is 2.68 bits per heavy atom. The molecule has 1 N–H and O–H groups in total. The van der Waals surface area contributed by atoms with Crippen molar-refractivity contribution in [3.63, 3.8) is 0 Å². The van der Waals surface area contributed by atoms with E-state index in [4.69, 9.17) is 4.74 Å². The number of hydrogen-bond acceptors (Lipinski definition) is 4. The van der Waals surface area contributed by atoms with E-state index in [1.165, 1.54) is 6.07 Å². The van der Waals surface area contributed by atoms with Crippen LogP contribution in [0.25, 0.3) is 0 Å². The van der Waals surface area contributed by atoms with Gasteiger partial charge in [0.15, 0.2) is 0 Å². The van der Waals surface area contributed by atoms with E-state index < -0.39 is 12.7 Å². The third-order valence-corrected chi connectivity index (χ3v) is 2.43. The van der Waals surface area contributed by atoms with Crippen molar-refractivity contribution < 1.29 is 23.0 Å². The van der Waals surface area contributed by atoms with Gasteiger partial charge < -0.3 is 14.8 Å². The van der Waals surface area contributed by atoms with E-state index in [0.717, 1.165) is 0 Å². The summed E-state index contributed by atoms with van der Waals surface area (Å²) < 4.78 is 33.7. The van der Waals surface area contributed by atoms with Gasteiger partial charge in [0.1, 0.15) is 11.8 Å². The topological polar surface area (TPSA) is 47.6 Å². The van der Waals surface area contributed by atoms with E-state index in [-0.39, 0.29) is 18.3 Å². The highest BCUT2D eigenvalue weighted by atomic mass is 19.3. The molecule has 0 saturated carbocycles. The molecule has 1 atom stereocenters. The first-order valence-corrected chi connectivity index (χ1v) is 5.97. The first-order valence-electron chi connectivity index (χ1n) is 5.97. The summed E-state index contributed by atoms with van der Waals surface area (Å²) in [4.78, 5) is 11.4. The monoisotopic (exact) mass is 273 g/mol. The van der Waals surface area contributed by atoms with Crippen molar-refractivity contribution in [3.05, 3.63) is 29.8 Å². The van der Waals surface area contributed by atoms with Crippen molar-refractivity contribution >= 4 is 5.97 Å². The number of nitrogens with one attached hydrogen (secondary N) is 1. The summed E-state index contributed by atoms with van der Waals surface area (Å²) in [5.41, 5.74) is 0.555. The van der Waals surface area contributed by atoms with Crippen molar-refractivity contribution in [2.75, 3.05) is 6.61 Å². The predicted molar refractivity (Wildman–Crippen MR) is 66.0 cm³/mol.